The molecule has 0 saturated heterocycles. The smallest absolute Gasteiger partial charge is 0.342 e. The SMILES string of the molecule is CCC(C)NC(=O)n1nc(-c2ccc(NC(=O)c3ccccc3OC)cc2O)cc1C1CC1. The number of nitrogens with one attached hydrogen (secondary N) is 2. The maximum Gasteiger partial charge on any atom is 0.342 e. The van der Waals surface area contributed by atoms with E-state index < -0.39 is 0 Å². The van der Waals surface area contributed by atoms with Gasteiger partial charge in [0, 0.05) is 29.3 Å². The van der Waals surface area contributed by atoms with Gasteiger partial charge >= 0.3 is 6.03 Å². The van der Waals surface area contributed by atoms with Crippen molar-refractivity contribution in [3.63, 3.8) is 0 Å². The lowest BCUT2D eigenvalue weighted by Gasteiger charge is -2.12. The van der Waals surface area contributed by atoms with Gasteiger partial charge in [0.1, 0.15) is 11.5 Å². The molecule has 0 radical (unpaired) electrons. The normalized spacial score (nSPS) is 13.9. The summed E-state index contributed by atoms with van der Waals surface area (Å²) < 4.78 is 6.65. The van der Waals surface area contributed by atoms with E-state index in [-0.39, 0.29) is 23.7 Å². The molecule has 33 heavy (non-hydrogen) atoms. The molecule has 1 unspecified atom stereocenters. The lowest BCUT2D eigenvalue weighted by molar-refractivity contribution is 0.102. The fourth-order valence-electron chi connectivity index (χ4n) is 3.59. The average Bonchev–Trinajstić information content (AvgIpc) is 3.57. The number of methoxy groups -OCH3 is 1. The Hall–Kier alpha value is -3.81. The van der Waals surface area contributed by atoms with Crippen LogP contribution in [0, 0.1) is 0 Å². The van der Waals surface area contributed by atoms with Crippen molar-refractivity contribution in [2.45, 2.75) is 45.1 Å². The minimum atomic E-state index is -0.346. The van der Waals surface area contributed by atoms with Crippen molar-refractivity contribution in [1.82, 2.24) is 15.1 Å². The molecule has 1 aliphatic rings. The third-order valence-electron chi connectivity index (χ3n) is 5.79. The van der Waals surface area contributed by atoms with Gasteiger partial charge in [0.15, 0.2) is 0 Å². The quantitative estimate of drug-likeness (QED) is 0.484. The van der Waals surface area contributed by atoms with E-state index in [0.29, 0.717) is 34.2 Å². The predicted octanol–water partition coefficient (Wildman–Crippen LogP) is 4.75. The second kappa shape index (κ2) is 9.36. The van der Waals surface area contributed by atoms with Crippen LogP contribution in [0.1, 0.15) is 55.1 Å². The van der Waals surface area contributed by atoms with E-state index in [2.05, 4.69) is 15.7 Å². The van der Waals surface area contributed by atoms with E-state index in [1.54, 1.807) is 36.4 Å². The molecule has 0 aliphatic heterocycles. The Balaban J connectivity index is 1.57. The molecule has 1 aliphatic carbocycles. The van der Waals surface area contributed by atoms with Crippen molar-refractivity contribution >= 4 is 17.6 Å². The van der Waals surface area contributed by atoms with Crippen molar-refractivity contribution in [2.75, 3.05) is 12.4 Å². The summed E-state index contributed by atoms with van der Waals surface area (Å²) in [6.45, 7) is 3.95. The van der Waals surface area contributed by atoms with Gasteiger partial charge in [-0.15, -0.1) is 0 Å². The zero-order valence-corrected chi connectivity index (χ0v) is 19.0. The number of benzene rings is 2. The van der Waals surface area contributed by atoms with E-state index in [1.807, 2.05) is 19.9 Å². The predicted molar refractivity (Wildman–Crippen MR) is 126 cm³/mol. The van der Waals surface area contributed by atoms with Gasteiger partial charge in [-0.2, -0.15) is 9.78 Å². The molecule has 2 amide bonds. The first-order valence-corrected chi connectivity index (χ1v) is 11.1. The largest absolute Gasteiger partial charge is 0.507 e. The Morgan fingerprint density at radius 3 is 2.64 bits per heavy atom. The molecule has 0 spiro atoms. The van der Waals surface area contributed by atoms with E-state index in [9.17, 15) is 14.7 Å². The maximum absolute atomic E-state index is 12.7. The van der Waals surface area contributed by atoms with Crippen LogP contribution in [0.3, 0.4) is 0 Å². The van der Waals surface area contributed by atoms with E-state index >= 15 is 0 Å². The number of ether oxygens (including phenoxy) is 1. The second-order valence-corrected chi connectivity index (χ2v) is 8.29. The van der Waals surface area contributed by atoms with Crippen LogP contribution in [-0.4, -0.2) is 40.0 Å². The molecule has 1 atom stereocenters. The van der Waals surface area contributed by atoms with Gasteiger partial charge in [-0.3, -0.25) is 4.79 Å². The Bertz CT molecular complexity index is 1180. The van der Waals surface area contributed by atoms with Crippen LogP contribution in [0.25, 0.3) is 11.3 Å². The van der Waals surface area contributed by atoms with E-state index in [4.69, 9.17) is 4.74 Å². The molecular formula is C25H28N4O4. The molecule has 2 aromatic carbocycles. The van der Waals surface area contributed by atoms with Crippen LogP contribution in [0.15, 0.2) is 48.5 Å². The molecule has 3 N–H and O–H groups in total. The number of nitrogens with zero attached hydrogens (tertiary/aromatic N) is 2. The zero-order valence-electron chi connectivity index (χ0n) is 19.0. The first kappa shape index (κ1) is 22.4. The molecule has 4 rings (SSSR count). The number of rotatable bonds is 7. The molecule has 0 bridgehead atoms. The first-order valence-electron chi connectivity index (χ1n) is 11.1. The summed E-state index contributed by atoms with van der Waals surface area (Å²) >= 11 is 0. The lowest BCUT2D eigenvalue weighted by atomic mass is 10.1. The Kier molecular flexibility index (Phi) is 6.35. The number of carbonyl (C=O) groups is 2. The number of phenolic OH excluding ortho intramolecular Hbond substituents is 1. The number of aromatic nitrogens is 2. The van der Waals surface area contributed by atoms with Crippen LogP contribution in [-0.2, 0) is 0 Å². The third-order valence-corrected chi connectivity index (χ3v) is 5.79. The topological polar surface area (TPSA) is 105 Å². The fourth-order valence-corrected chi connectivity index (χ4v) is 3.59. The summed E-state index contributed by atoms with van der Waals surface area (Å²) in [5.41, 5.74) is 2.67. The van der Waals surface area contributed by atoms with Crippen LogP contribution >= 0.6 is 0 Å². The number of anilines is 1. The number of aromatic hydroxyl groups is 1. The molecule has 172 valence electrons. The van der Waals surface area contributed by atoms with Crippen LogP contribution in [0.2, 0.25) is 0 Å². The summed E-state index contributed by atoms with van der Waals surface area (Å²) in [6, 6.07) is 13.4. The fraction of sp³-hybridized carbons (Fsp3) is 0.320. The summed E-state index contributed by atoms with van der Waals surface area (Å²) in [6.07, 6.45) is 2.85. The van der Waals surface area contributed by atoms with Crippen molar-refractivity contribution in [3.05, 3.63) is 59.8 Å². The van der Waals surface area contributed by atoms with Gasteiger partial charge in [0.2, 0.25) is 0 Å². The summed E-state index contributed by atoms with van der Waals surface area (Å²) in [4.78, 5) is 25.4. The molecule has 3 aromatic rings. The Morgan fingerprint density at radius 1 is 1.21 bits per heavy atom. The third kappa shape index (κ3) is 4.84. The summed E-state index contributed by atoms with van der Waals surface area (Å²) in [5, 5.41) is 20.9. The number of phenols is 1. The zero-order chi connectivity index (χ0) is 23.5. The highest BCUT2D eigenvalue weighted by atomic mass is 16.5. The molecule has 1 saturated carbocycles. The standard InChI is InChI=1S/C25H28N4O4/c1-4-15(2)26-25(32)29-21(16-9-10-16)14-20(28-29)18-12-11-17(13-22(18)30)27-24(31)19-7-5-6-8-23(19)33-3/h5-8,11-16,30H,4,9-10H2,1-3H3,(H,26,32)(H,27,31). The number of amides is 2. The molecule has 8 heteroatoms. The summed E-state index contributed by atoms with van der Waals surface area (Å²) in [7, 11) is 1.50. The van der Waals surface area contributed by atoms with Crippen LogP contribution < -0.4 is 15.4 Å². The van der Waals surface area contributed by atoms with Crippen molar-refractivity contribution in [2.24, 2.45) is 0 Å². The highest BCUT2D eigenvalue weighted by Gasteiger charge is 2.31. The highest BCUT2D eigenvalue weighted by Crippen LogP contribution is 2.42. The van der Waals surface area contributed by atoms with Gasteiger partial charge in [-0.1, -0.05) is 19.1 Å². The molecule has 1 fully saturated rings. The van der Waals surface area contributed by atoms with Crippen molar-refractivity contribution in [1.29, 1.82) is 0 Å². The number of para-hydroxylation sites is 1. The van der Waals surface area contributed by atoms with Crippen LogP contribution in [0.5, 0.6) is 11.5 Å². The van der Waals surface area contributed by atoms with Crippen LogP contribution in [0.4, 0.5) is 10.5 Å². The van der Waals surface area contributed by atoms with Gasteiger partial charge in [-0.25, -0.2) is 4.79 Å². The van der Waals surface area contributed by atoms with Crippen molar-refractivity contribution < 1.29 is 19.4 Å². The Morgan fingerprint density at radius 2 is 1.97 bits per heavy atom. The van der Waals surface area contributed by atoms with E-state index in [0.717, 1.165) is 25.0 Å². The first-order chi connectivity index (χ1) is 15.9. The average molecular weight is 449 g/mol. The maximum atomic E-state index is 12.7. The molecule has 8 nitrogen and oxygen atoms in total. The van der Waals surface area contributed by atoms with E-state index in [1.165, 1.54) is 17.9 Å². The minimum absolute atomic E-state index is 0.0386. The molecular weight excluding hydrogens is 420 g/mol. The molecule has 1 heterocycles. The highest BCUT2D eigenvalue weighted by molar-refractivity contribution is 6.06. The van der Waals surface area contributed by atoms with Gasteiger partial charge < -0.3 is 20.5 Å². The number of carbonyl (C=O) groups excluding carboxylic acids is 2. The number of hydrogen-bond donors (Lipinski definition) is 3. The van der Waals surface area contributed by atoms with Gasteiger partial charge in [0.25, 0.3) is 5.91 Å². The van der Waals surface area contributed by atoms with Crippen molar-refractivity contribution in [3.8, 4) is 22.8 Å². The summed E-state index contributed by atoms with van der Waals surface area (Å²) in [5.74, 6) is 0.379. The number of hydrogen-bond acceptors (Lipinski definition) is 5. The Labute approximate surface area is 192 Å². The lowest BCUT2D eigenvalue weighted by Crippen LogP contribution is -2.36. The molecule has 1 aromatic heterocycles. The van der Waals surface area contributed by atoms with Gasteiger partial charge in [-0.05, 0) is 56.5 Å². The monoisotopic (exact) mass is 448 g/mol. The van der Waals surface area contributed by atoms with Gasteiger partial charge in [0.05, 0.1) is 24.1 Å². The second-order valence-electron chi connectivity index (χ2n) is 8.29. The minimum Gasteiger partial charge on any atom is -0.507 e.